The summed E-state index contributed by atoms with van der Waals surface area (Å²) in [6.07, 6.45) is -0.607. The highest BCUT2D eigenvalue weighted by atomic mass is 32.1. The van der Waals surface area contributed by atoms with E-state index in [2.05, 4.69) is 14.8 Å². The van der Waals surface area contributed by atoms with Gasteiger partial charge in [0, 0.05) is 74.9 Å². The molecule has 0 spiro atoms. The molecule has 1 fully saturated rings. The van der Waals surface area contributed by atoms with E-state index in [1.807, 2.05) is 35.2 Å². The van der Waals surface area contributed by atoms with Crippen molar-refractivity contribution in [1.29, 1.82) is 0 Å². The fourth-order valence-electron chi connectivity index (χ4n) is 6.01. The topological polar surface area (TPSA) is 61.7 Å². The molecule has 2 aliphatic rings. The number of halogens is 3. The summed E-state index contributed by atoms with van der Waals surface area (Å²) in [5, 5.41) is 0.732. The Morgan fingerprint density at radius 1 is 0.907 bits per heavy atom. The summed E-state index contributed by atoms with van der Waals surface area (Å²) in [6.45, 7) is 6.32. The van der Waals surface area contributed by atoms with Crippen LogP contribution in [0, 0.1) is 0 Å². The molecule has 7 nitrogen and oxygen atoms in total. The third kappa shape index (κ3) is 6.68. The highest BCUT2D eigenvalue weighted by Crippen LogP contribution is 2.33. The van der Waals surface area contributed by atoms with Crippen LogP contribution in [0.1, 0.15) is 39.2 Å². The van der Waals surface area contributed by atoms with E-state index in [0.717, 1.165) is 59.9 Å². The molecule has 0 atom stereocenters. The number of carbonyl (C=O) groups is 1. The first-order chi connectivity index (χ1) is 20.8. The molecule has 11 heteroatoms. The number of anilines is 1. The number of piperazine rings is 1. The molecular formula is C32H34F3N5O2S. The molecule has 0 unspecified atom stereocenters. The zero-order valence-electron chi connectivity index (χ0n) is 23.9. The molecule has 2 aromatic heterocycles. The summed E-state index contributed by atoms with van der Waals surface area (Å²) in [6, 6.07) is 14.9. The number of hydrogen-bond donors (Lipinski definition) is 0. The van der Waals surface area contributed by atoms with Crippen molar-refractivity contribution in [3.63, 3.8) is 0 Å². The largest absolute Gasteiger partial charge is 0.416 e. The Balaban J connectivity index is 1.03. The van der Waals surface area contributed by atoms with Gasteiger partial charge in [0.2, 0.25) is 0 Å². The predicted octanol–water partition coefficient (Wildman–Crippen LogP) is 5.32. The van der Waals surface area contributed by atoms with Crippen molar-refractivity contribution in [3.8, 4) is 0 Å². The summed E-state index contributed by atoms with van der Waals surface area (Å²) >= 11 is 1.59. The van der Waals surface area contributed by atoms with Crippen LogP contribution >= 0.6 is 11.3 Å². The number of ketones is 1. The van der Waals surface area contributed by atoms with Crippen molar-refractivity contribution in [2.75, 3.05) is 50.7 Å². The van der Waals surface area contributed by atoms with E-state index in [4.69, 9.17) is 0 Å². The normalized spacial score (nSPS) is 16.5. The fraction of sp³-hybridized carbons (Fsp3) is 0.406. The Labute approximate surface area is 252 Å². The lowest BCUT2D eigenvalue weighted by Gasteiger charge is -2.36. The van der Waals surface area contributed by atoms with Gasteiger partial charge in [-0.15, -0.1) is 11.3 Å². The monoisotopic (exact) mass is 609 g/mol. The number of nitrogens with zero attached hydrogens (tertiary/aromatic N) is 5. The van der Waals surface area contributed by atoms with Crippen LogP contribution in [0.5, 0.6) is 0 Å². The average Bonchev–Trinajstić information content (AvgIpc) is 3.39. The van der Waals surface area contributed by atoms with Crippen molar-refractivity contribution in [2.24, 2.45) is 0 Å². The van der Waals surface area contributed by atoms with Crippen LogP contribution < -0.4 is 10.5 Å². The summed E-state index contributed by atoms with van der Waals surface area (Å²) in [5.74, 6) is 0.169. The van der Waals surface area contributed by atoms with Crippen LogP contribution in [0.15, 0.2) is 65.7 Å². The van der Waals surface area contributed by atoms with Crippen LogP contribution in [0.25, 0.3) is 10.2 Å². The molecule has 0 N–H and O–H groups in total. The molecule has 0 aliphatic carbocycles. The number of thiophene rings is 1. The summed E-state index contributed by atoms with van der Waals surface area (Å²) in [5.41, 5.74) is 1.81. The third-order valence-electron chi connectivity index (χ3n) is 8.45. The van der Waals surface area contributed by atoms with Gasteiger partial charge >= 0.3 is 6.18 Å². The maximum absolute atomic E-state index is 13.5. The summed E-state index contributed by atoms with van der Waals surface area (Å²) in [7, 11) is 0. The molecule has 0 radical (unpaired) electrons. The quantitative estimate of drug-likeness (QED) is 0.240. The van der Waals surface area contributed by atoms with Crippen molar-refractivity contribution < 1.29 is 18.0 Å². The molecule has 0 amide bonds. The minimum atomic E-state index is -4.36. The molecule has 6 rings (SSSR count). The Morgan fingerprint density at radius 3 is 2.47 bits per heavy atom. The van der Waals surface area contributed by atoms with Gasteiger partial charge in [0.15, 0.2) is 5.78 Å². The summed E-state index contributed by atoms with van der Waals surface area (Å²) < 4.78 is 41.1. The number of benzene rings is 2. The first-order valence-electron chi connectivity index (χ1n) is 14.7. The number of carbonyl (C=O) groups excluding carboxylic acids is 1. The van der Waals surface area contributed by atoms with E-state index < -0.39 is 11.7 Å². The van der Waals surface area contributed by atoms with E-state index in [1.165, 1.54) is 17.0 Å². The minimum absolute atomic E-state index is 0.00740. The fourth-order valence-corrected chi connectivity index (χ4v) is 7.23. The highest BCUT2D eigenvalue weighted by molar-refractivity contribution is 7.18. The Morgan fingerprint density at radius 2 is 1.70 bits per heavy atom. The van der Waals surface area contributed by atoms with Gasteiger partial charge in [-0.25, -0.2) is 4.98 Å². The van der Waals surface area contributed by atoms with Gasteiger partial charge in [-0.05, 0) is 43.1 Å². The van der Waals surface area contributed by atoms with E-state index >= 15 is 0 Å². The number of aromatic nitrogens is 2. The second-order valence-electron chi connectivity index (χ2n) is 11.2. The molecule has 2 aliphatic heterocycles. The lowest BCUT2D eigenvalue weighted by Crippen LogP contribution is -2.47. The first-order valence-corrected chi connectivity index (χ1v) is 15.5. The highest BCUT2D eigenvalue weighted by Gasteiger charge is 2.31. The molecule has 0 bridgehead atoms. The van der Waals surface area contributed by atoms with Crippen molar-refractivity contribution in [2.45, 2.75) is 38.5 Å². The van der Waals surface area contributed by atoms with Gasteiger partial charge in [0.25, 0.3) is 5.56 Å². The first kappa shape index (κ1) is 29.5. The van der Waals surface area contributed by atoms with Gasteiger partial charge in [-0.1, -0.05) is 36.4 Å². The van der Waals surface area contributed by atoms with Crippen molar-refractivity contribution >= 4 is 33.0 Å². The van der Waals surface area contributed by atoms with E-state index in [-0.39, 0.29) is 11.3 Å². The Kier molecular flexibility index (Phi) is 8.65. The molecule has 4 heterocycles. The van der Waals surface area contributed by atoms with Crippen LogP contribution in [0.2, 0.25) is 0 Å². The standard InChI is InChI=1S/C32H34F3N5O2S/c33-32(34,35)24-8-4-9-25(20-24)39-17-14-37(15-18-39)16-19-40-22-36-30-29(31(40)42)26-11-13-38(21-28(26)43-30)12-5-10-27(41)23-6-2-1-3-7-23/h1-4,6-9,20,22H,5,10-19,21H2. The second-order valence-corrected chi connectivity index (χ2v) is 12.3. The average molecular weight is 610 g/mol. The van der Waals surface area contributed by atoms with Crippen LogP contribution in [-0.2, 0) is 25.7 Å². The Hall–Kier alpha value is -3.54. The van der Waals surface area contributed by atoms with Crippen LogP contribution in [0.4, 0.5) is 18.9 Å². The number of alkyl halides is 3. The smallest absolute Gasteiger partial charge is 0.369 e. The molecule has 1 saturated heterocycles. The number of Topliss-reactive ketones (excluding diaryl/α,β-unsaturated/α-hetero) is 1. The van der Waals surface area contributed by atoms with E-state index in [0.29, 0.717) is 51.4 Å². The van der Waals surface area contributed by atoms with Crippen molar-refractivity contribution in [1.82, 2.24) is 19.4 Å². The van der Waals surface area contributed by atoms with Gasteiger partial charge in [0.1, 0.15) is 4.83 Å². The second kappa shape index (κ2) is 12.6. The Bertz CT molecular complexity index is 1640. The van der Waals surface area contributed by atoms with Crippen LogP contribution in [0.3, 0.4) is 0 Å². The van der Waals surface area contributed by atoms with Crippen LogP contribution in [-0.4, -0.2) is 70.9 Å². The minimum Gasteiger partial charge on any atom is -0.369 e. The third-order valence-corrected chi connectivity index (χ3v) is 9.57. The lowest BCUT2D eigenvalue weighted by molar-refractivity contribution is -0.137. The molecular weight excluding hydrogens is 575 g/mol. The number of rotatable bonds is 9. The SMILES string of the molecule is O=C(CCCN1CCc2c(sc3ncn(CCN4CCN(c5cccc(C(F)(F)F)c5)CC4)c(=O)c23)C1)c1ccccc1. The van der Waals surface area contributed by atoms with Gasteiger partial charge in [-0.2, -0.15) is 13.2 Å². The zero-order chi connectivity index (χ0) is 30.0. The lowest BCUT2D eigenvalue weighted by atomic mass is 10.0. The maximum Gasteiger partial charge on any atom is 0.416 e. The molecule has 2 aromatic carbocycles. The molecule has 43 heavy (non-hydrogen) atoms. The maximum atomic E-state index is 13.5. The summed E-state index contributed by atoms with van der Waals surface area (Å²) in [4.78, 5) is 39.1. The number of fused-ring (bicyclic) bond motifs is 3. The van der Waals surface area contributed by atoms with E-state index in [9.17, 15) is 22.8 Å². The van der Waals surface area contributed by atoms with Crippen molar-refractivity contribution in [3.05, 3.63) is 92.8 Å². The number of hydrogen-bond acceptors (Lipinski definition) is 7. The van der Waals surface area contributed by atoms with Gasteiger partial charge in [-0.3, -0.25) is 24.0 Å². The molecule has 4 aromatic rings. The van der Waals surface area contributed by atoms with Gasteiger partial charge < -0.3 is 4.90 Å². The zero-order valence-corrected chi connectivity index (χ0v) is 24.7. The predicted molar refractivity (Wildman–Crippen MR) is 163 cm³/mol. The molecule has 0 saturated carbocycles. The molecule has 226 valence electrons. The van der Waals surface area contributed by atoms with E-state index in [1.54, 1.807) is 28.3 Å². The van der Waals surface area contributed by atoms with Gasteiger partial charge in [0.05, 0.1) is 17.3 Å².